The number of nitrogens with zero attached hydrogens (tertiary/aromatic N) is 1. The number of anilines is 2. The van der Waals surface area contributed by atoms with E-state index in [2.05, 4.69) is 5.32 Å². The van der Waals surface area contributed by atoms with Crippen LogP contribution in [0.3, 0.4) is 0 Å². The predicted molar refractivity (Wildman–Crippen MR) is 63.3 cm³/mol. The Kier molecular flexibility index (Phi) is 3.03. The molecule has 1 aromatic rings. The first kappa shape index (κ1) is 11.9. The monoisotopic (exact) mass is 256 g/mol. The van der Waals surface area contributed by atoms with Crippen LogP contribution in [0.15, 0.2) is 24.3 Å². The molecule has 0 saturated heterocycles. The number of carbonyl (C=O) groups is 1. The van der Waals surface area contributed by atoms with E-state index in [4.69, 9.17) is 5.11 Å². The summed E-state index contributed by atoms with van der Waals surface area (Å²) in [5, 5.41) is 11.3. The van der Waals surface area contributed by atoms with Gasteiger partial charge in [0.05, 0.1) is 23.7 Å². The van der Waals surface area contributed by atoms with Crippen LogP contribution >= 0.6 is 0 Å². The molecule has 1 aliphatic heterocycles. The SMILES string of the molecule is O=C1CN(S(=O)(=O)CCO)c2ccccc2N1. The van der Waals surface area contributed by atoms with Crippen molar-refractivity contribution in [1.82, 2.24) is 0 Å². The van der Waals surface area contributed by atoms with Crippen LogP contribution in [-0.4, -0.2) is 38.3 Å². The normalized spacial score (nSPS) is 15.4. The van der Waals surface area contributed by atoms with Crippen molar-refractivity contribution in [3.8, 4) is 0 Å². The van der Waals surface area contributed by atoms with Crippen LogP contribution in [0.5, 0.6) is 0 Å². The van der Waals surface area contributed by atoms with Gasteiger partial charge in [-0.2, -0.15) is 0 Å². The third kappa shape index (κ3) is 2.25. The van der Waals surface area contributed by atoms with E-state index in [0.717, 1.165) is 4.31 Å². The van der Waals surface area contributed by atoms with Gasteiger partial charge in [-0.3, -0.25) is 9.10 Å². The van der Waals surface area contributed by atoms with Gasteiger partial charge in [-0.25, -0.2) is 8.42 Å². The second-order valence-electron chi connectivity index (χ2n) is 3.61. The molecule has 2 rings (SSSR count). The van der Waals surface area contributed by atoms with E-state index in [1.165, 1.54) is 0 Å². The molecule has 7 heteroatoms. The van der Waals surface area contributed by atoms with E-state index in [1.54, 1.807) is 24.3 Å². The summed E-state index contributed by atoms with van der Waals surface area (Å²) in [5.41, 5.74) is 0.894. The Bertz CT molecular complexity index is 541. The fourth-order valence-electron chi connectivity index (χ4n) is 1.68. The number of amides is 1. The van der Waals surface area contributed by atoms with E-state index < -0.39 is 22.4 Å². The summed E-state index contributed by atoms with van der Waals surface area (Å²) >= 11 is 0. The fourth-order valence-corrected chi connectivity index (χ4v) is 2.90. The molecule has 1 amide bonds. The summed E-state index contributed by atoms with van der Waals surface area (Å²) in [4.78, 5) is 11.4. The van der Waals surface area contributed by atoms with Crippen molar-refractivity contribution >= 4 is 27.3 Å². The number of aliphatic hydroxyl groups is 1. The Morgan fingerprint density at radius 3 is 2.76 bits per heavy atom. The second-order valence-corrected chi connectivity index (χ2v) is 5.62. The molecule has 1 aliphatic rings. The summed E-state index contributed by atoms with van der Waals surface area (Å²) in [5.74, 6) is -0.778. The van der Waals surface area contributed by atoms with Gasteiger partial charge in [-0.1, -0.05) is 12.1 Å². The van der Waals surface area contributed by atoms with E-state index in [9.17, 15) is 13.2 Å². The minimum absolute atomic E-state index is 0.251. The van der Waals surface area contributed by atoms with Gasteiger partial charge in [0.1, 0.15) is 6.54 Å². The number of nitrogens with one attached hydrogen (secondary N) is 1. The Morgan fingerprint density at radius 1 is 1.35 bits per heavy atom. The van der Waals surface area contributed by atoms with Crippen LogP contribution in [-0.2, 0) is 14.8 Å². The molecule has 92 valence electrons. The van der Waals surface area contributed by atoms with Crippen molar-refractivity contribution in [2.24, 2.45) is 0 Å². The van der Waals surface area contributed by atoms with Crippen LogP contribution < -0.4 is 9.62 Å². The number of benzene rings is 1. The van der Waals surface area contributed by atoms with Crippen molar-refractivity contribution in [3.63, 3.8) is 0 Å². The lowest BCUT2D eigenvalue weighted by Gasteiger charge is -2.29. The third-order valence-corrected chi connectivity index (χ3v) is 4.11. The average molecular weight is 256 g/mol. The molecule has 17 heavy (non-hydrogen) atoms. The molecular weight excluding hydrogens is 244 g/mol. The molecule has 0 bridgehead atoms. The van der Waals surface area contributed by atoms with Crippen LogP contribution in [0, 0.1) is 0 Å². The topological polar surface area (TPSA) is 86.7 Å². The van der Waals surface area contributed by atoms with Crippen molar-refractivity contribution in [2.45, 2.75) is 0 Å². The van der Waals surface area contributed by atoms with E-state index in [0.29, 0.717) is 11.4 Å². The summed E-state index contributed by atoms with van der Waals surface area (Å²) in [6.45, 7) is -0.720. The lowest BCUT2D eigenvalue weighted by Crippen LogP contribution is -2.43. The first-order chi connectivity index (χ1) is 8.04. The largest absolute Gasteiger partial charge is 0.395 e. The molecule has 0 spiro atoms. The lowest BCUT2D eigenvalue weighted by molar-refractivity contribution is -0.115. The Balaban J connectivity index is 2.46. The number of hydrogen-bond donors (Lipinski definition) is 2. The molecule has 1 heterocycles. The standard InChI is InChI=1S/C10H12N2O4S/c13-5-6-17(15,16)12-7-10(14)11-8-3-1-2-4-9(8)12/h1-4,13H,5-7H2,(H,11,14). The first-order valence-corrected chi connectivity index (χ1v) is 6.65. The molecule has 0 radical (unpaired) electrons. The average Bonchev–Trinajstić information content (AvgIpc) is 2.27. The van der Waals surface area contributed by atoms with Gasteiger partial charge in [0, 0.05) is 0 Å². The highest BCUT2D eigenvalue weighted by Gasteiger charge is 2.30. The number of hydrogen-bond acceptors (Lipinski definition) is 4. The van der Waals surface area contributed by atoms with Crippen LogP contribution in [0.25, 0.3) is 0 Å². The number of rotatable bonds is 3. The highest BCUT2D eigenvalue weighted by molar-refractivity contribution is 7.92. The molecule has 2 N–H and O–H groups in total. The quantitative estimate of drug-likeness (QED) is 0.782. The second kappa shape index (κ2) is 4.34. The highest BCUT2D eigenvalue weighted by Crippen LogP contribution is 2.30. The van der Waals surface area contributed by atoms with Crippen LogP contribution in [0.1, 0.15) is 0 Å². The Labute approximate surface area is 98.9 Å². The van der Waals surface area contributed by atoms with E-state index in [-0.39, 0.29) is 12.5 Å². The van der Waals surface area contributed by atoms with Gasteiger partial charge in [0.15, 0.2) is 0 Å². The molecule has 1 aromatic carbocycles. The molecular formula is C10H12N2O4S. The minimum atomic E-state index is -3.66. The van der Waals surface area contributed by atoms with Gasteiger partial charge < -0.3 is 10.4 Å². The van der Waals surface area contributed by atoms with Gasteiger partial charge >= 0.3 is 0 Å². The van der Waals surface area contributed by atoms with Crippen LogP contribution in [0.4, 0.5) is 11.4 Å². The van der Waals surface area contributed by atoms with E-state index >= 15 is 0 Å². The number of aliphatic hydroxyl groups excluding tert-OH is 1. The maximum absolute atomic E-state index is 11.9. The molecule has 0 aliphatic carbocycles. The van der Waals surface area contributed by atoms with Gasteiger partial charge in [-0.05, 0) is 12.1 Å². The molecule has 0 unspecified atom stereocenters. The minimum Gasteiger partial charge on any atom is -0.395 e. The van der Waals surface area contributed by atoms with Gasteiger partial charge in [-0.15, -0.1) is 0 Å². The number of sulfonamides is 1. The third-order valence-electron chi connectivity index (χ3n) is 2.42. The summed E-state index contributed by atoms with van der Waals surface area (Å²) in [6.07, 6.45) is 0. The van der Waals surface area contributed by atoms with Crippen molar-refractivity contribution in [2.75, 3.05) is 28.5 Å². The summed E-state index contributed by atoms with van der Waals surface area (Å²) in [6, 6.07) is 6.65. The molecule has 0 aromatic heterocycles. The summed E-state index contributed by atoms with van der Waals surface area (Å²) < 4.78 is 24.8. The zero-order chi connectivity index (χ0) is 12.5. The number of fused-ring (bicyclic) bond motifs is 1. The lowest BCUT2D eigenvalue weighted by atomic mass is 10.2. The maximum Gasteiger partial charge on any atom is 0.245 e. The van der Waals surface area contributed by atoms with Gasteiger partial charge in [0.2, 0.25) is 15.9 Å². The molecule has 0 fully saturated rings. The van der Waals surface area contributed by atoms with Crippen LogP contribution in [0.2, 0.25) is 0 Å². The molecule has 0 saturated carbocycles. The molecule has 0 atom stereocenters. The van der Waals surface area contributed by atoms with Crippen molar-refractivity contribution in [3.05, 3.63) is 24.3 Å². The van der Waals surface area contributed by atoms with Crippen molar-refractivity contribution in [1.29, 1.82) is 0 Å². The predicted octanol–water partition coefficient (Wildman–Crippen LogP) is -0.233. The van der Waals surface area contributed by atoms with E-state index in [1.807, 2.05) is 0 Å². The van der Waals surface area contributed by atoms with Gasteiger partial charge in [0.25, 0.3) is 0 Å². The smallest absolute Gasteiger partial charge is 0.245 e. The summed E-state index contributed by atoms with van der Waals surface area (Å²) in [7, 11) is -3.66. The molecule has 6 nitrogen and oxygen atoms in total. The zero-order valence-corrected chi connectivity index (χ0v) is 9.77. The van der Waals surface area contributed by atoms with Crippen molar-refractivity contribution < 1.29 is 18.3 Å². The fraction of sp³-hybridized carbons (Fsp3) is 0.300. The Hall–Kier alpha value is -1.60. The first-order valence-electron chi connectivity index (χ1n) is 5.05. The maximum atomic E-state index is 11.9. The zero-order valence-electron chi connectivity index (χ0n) is 8.96. The Morgan fingerprint density at radius 2 is 2.06 bits per heavy atom. The number of carbonyl (C=O) groups excluding carboxylic acids is 1. The highest BCUT2D eigenvalue weighted by atomic mass is 32.2. The number of para-hydroxylation sites is 2.